The minimum Gasteiger partial charge on any atom is -0.506 e. The van der Waals surface area contributed by atoms with E-state index in [9.17, 15) is 19.8 Å². The molecule has 2 aromatic heterocycles. The molecule has 4 heterocycles. The number of nitrogens with one attached hydrogen (secondary N) is 2. The van der Waals surface area contributed by atoms with Gasteiger partial charge in [-0.05, 0) is 56.5 Å². The van der Waals surface area contributed by atoms with Crippen LogP contribution in [0, 0.1) is 13.8 Å². The average molecular weight is 653 g/mol. The number of carbonyl (C=O) groups excluding carboxylic acids is 1. The number of piperidine rings is 1. The lowest BCUT2D eigenvalue weighted by atomic mass is 9.89. The number of phenols is 1. The van der Waals surface area contributed by atoms with Crippen molar-refractivity contribution in [2.24, 2.45) is 0 Å². The van der Waals surface area contributed by atoms with Gasteiger partial charge in [0.05, 0.1) is 35.1 Å². The second-order valence-corrected chi connectivity index (χ2v) is 14.4. The highest BCUT2D eigenvalue weighted by Crippen LogP contribution is 2.33. The standard InChI is InChI=1S/C33H40N4O6S2/c1-21-17-26(22(2)44-21)31(40)37-14-16-43-33(20-37)9-11-36(12-10-33)13-15-42-24-5-3-23(4-6-24)18-34-19-28(39)25-7-8-27(38)29-30(25)45-32(41)35-29/h3-8,17,28,34,38-39H,9-16,18-20H2,1-2H3,(H,35,41)/t28-/m0/s1. The van der Waals surface area contributed by atoms with Gasteiger partial charge in [-0.1, -0.05) is 29.5 Å². The predicted molar refractivity (Wildman–Crippen MR) is 177 cm³/mol. The zero-order valence-corrected chi connectivity index (χ0v) is 27.3. The highest BCUT2D eigenvalue weighted by molar-refractivity contribution is 7.16. The summed E-state index contributed by atoms with van der Waals surface area (Å²) < 4.78 is 12.9. The molecule has 2 aliphatic rings. The molecular weight excluding hydrogens is 613 g/mol. The van der Waals surface area contributed by atoms with E-state index in [-0.39, 0.29) is 22.1 Å². The number of morpholine rings is 1. The Morgan fingerprint density at radius 3 is 2.64 bits per heavy atom. The van der Waals surface area contributed by atoms with E-state index in [1.165, 1.54) is 10.9 Å². The summed E-state index contributed by atoms with van der Waals surface area (Å²) in [7, 11) is 0. The van der Waals surface area contributed by atoms with E-state index in [4.69, 9.17) is 9.47 Å². The summed E-state index contributed by atoms with van der Waals surface area (Å²) in [6, 6.07) is 13.1. The van der Waals surface area contributed by atoms with Crippen LogP contribution in [0.4, 0.5) is 0 Å². The number of aromatic amines is 1. The molecule has 2 aliphatic heterocycles. The molecule has 0 saturated carbocycles. The van der Waals surface area contributed by atoms with E-state index in [0.717, 1.165) is 65.6 Å². The summed E-state index contributed by atoms with van der Waals surface area (Å²) >= 11 is 2.66. The molecule has 10 nitrogen and oxygen atoms in total. The summed E-state index contributed by atoms with van der Waals surface area (Å²) in [6.07, 6.45) is 0.980. The number of ether oxygens (including phenoxy) is 2. The number of aryl methyl sites for hydroxylation is 2. The van der Waals surface area contributed by atoms with Crippen LogP contribution in [0.5, 0.6) is 11.5 Å². The Morgan fingerprint density at radius 1 is 1.13 bits per heavy atom. The number of hydrogen-bond donors (Lipinski definition) is 4. The Kier molecular flexibility index (Phi) is 9.60. The van der Waals surface area contributed by atoms with Gasteiger partial charge in [0.25, 0.3) is 5.91 Å². The first kappa shape index (κ1) is 31.7. The lowest BCUT2D eigenvalue weighted by Gasteiger charge is -2.47. The zero-order valence-electron chi connectivity index (χ0n) is 25.6. The first-order valence-corrected chi connectivity index (χ1v) is 17.0. The fraction of sp³-hybridized carbons (Fsp3) is 0.455. The van der Waals surface area contributed by atoms with Gasteiger partial charge in [0.2, 0.25) is 0 Å². The van der Waals surface area contributed by atoms with E-state index < -0.39 is 6.10 Å². The number of nitrogens with zero attached hydrogens (tertiary/aromatic N) is 2. The van der Waals surface area contributed by atoms with Crippen LogP contribution >= 0.6 is 22.7 Å². The van der Waals surface area contributed by atoms with E-state index in [1.54, 1.807) is 17.4 Å². The number of H-pyrrole nitrogens is 1. The number of aromatic hydroxyl groups is 1. The van der Waals surface area contributed by atoms with Crippen LogP contribution in [-0.2, 0) is 11.3 Å². The van der Waals surface area contributed by atoms with Crippen molar-refractivity contribution in [3.63, 3.8) is 0 Å². The van der Waals surface area contributed by atoms with Gasteiger partial charge in [-0.3, -0.25) is 14.5 Å². The smallest absolute Gasteiger partial charge is 0.305 e. The van der Waals surface area contributed by atoms with Crippen LogP contribution in [0.15, 0.2) is 47.3 Å². The highest BCUT2D eigenvalue weighted by atomic mass is 32.1. The number of thiazole rings is 1. The number of fused-ring (bicyclic) bond motifs is 1. The van der Waals surface area contributed by atoms with Crippen LogP contribution < -0.4 is 14.9 Å². The Labute approximate surface area is 270 Å². The lowest BCUT2D eigenvalue weighted by molar-refractivity contribution is -0.127. The third-order valence-corrected chi connectivity index (χ3v) is 10.7. The van der Waals surface area contributed by atoms with Gasteiger partial charge in [0.15, 0.2) is 0 Å². The minimum atomic E-state index is -0.822. The zero-order chi connectivity index (χ0) is 31.6. The van der Waals surface area contributed by atoms with Gasteiger partial charge in [0, 0.05) is 54.6 Å². The molecule has 2 saturated heterocycles. The second kappa shape index (κ2) is 13.6. The topological polar surface area (TPSA) is 127 Å². The number of phenolic OH excluding ortho intramolecular Hbond substituents is 1. The van der Waals surface area contributed by atoms with Crippen molar-refractivity contribution in [2.75, 3.05) is 52.5 Å². The molecule has 2 fully saturated rings. The van der Waals surface area contributed by atoms with Crippen molar-refractivity contribution in [2.45, 2.75) is 44.9 Å². The average Bonchev–Trinajstić information content (AvgIpc) is 3.59. The first-order chi connectivity index (χ1) is 21.7. The number of hydrogen-bond acceptors (Lipinski definition) is 10. The number of amides is 1. The predicted octanol–water partition coefficient (Wildman–Crippen LogP) is 4.18. The van der Waals surface area contributed by atoms with Crippen molar-refractivity contribution >= 4 is 38.8 Å². The fourth-order valence-electron chi connectivity index (χ4n) is 6.28. The quantitative estimate of drug-likeness (QED) is 0.201. The second-order valence-electron chi connectivity index (χ2n) is 12.0. The molecule has 4 aromatic rings. The van der Waals surface area contributed by atoms with E-state index in [1.807, 2.05) is 49.1 Å². The SMILES string of the molecule is Cc1cc(C(=O)N2CCOC3(CCN(CCOc4ccc(CNC[C@H](O)c5ccc(O)c6[nH]c(=O)sc56)cc4)CC3)C2)c(C)s1. The fourth-order valence-corrected chi connectivity index (χ4v) is 8.11. The summed E-state index contributed by atoms with van der Waals surface area (Å²) in [5.74, 6) is 0.932. The number of thiophene rings is 1. The van der Waals surface area contributed by atoms with Gasteiger partial charge < -0.3 is 34.9 Å². The number of aliphatic hydroxyl groups excluding tert-OH is 1. The van der Waals surface area contributed by atoms with Crippen LogP contribution in [0.1, 0.15) is 50.2 Å². The summed E-state index contributed by atoms with van der Waals surface area (Å²) in [5.41, 5.74) is 2.59. The molecule has 2 aromatic carbocycles. The number of aromatic nitrogens is 1. The third-order valence-electron chi connectivity index (χ3n) is 8.79. The number of carbonyl (C=O) groups is 1. The van der Waals surface area contributed by atoms with E-state index >= 15 is 0 Å². The van der Waals surface area contributed by atoms with Crippen molar-refractivity contribution in [1.29, 1.82) is 0 Å². The van der Waals surface area contributed by atoms with Gasteiger partial charge in [-0.25, -0.2) is 0 Å². The molecule has 240 valence electrons. The molecule has 4 N–H and O–H groups in total. The number of rotatable bonds is 10. The molecule has 6 rings (SSSR count). The molecule has 1 amide bonds. The van der Waals surface area contributed by atoms with Crippen LogP contribution in [0.25, 0.3) is 10.2 Å². The molecule has 0 aliphatic carbocycles. The maximum Gasteiger partial charge on any atom is 0.305 e. The van der Waals surface area contributed by atoms with Crippen molar-refractivity contribution in [3.8, 4) is 11.5 Å². The van der Waals surface area contributed by atoms with Gasteiger partial charge in [0.1, 0.15) is 23.6 Å². The highest BCUT2D eigenvalue weighted by Gasteiger charge is 2.41. The maximum absolute atomic E-state index is 13.2. The monoisotopic (exact) mass is 652 g/mol. The number of likely N-dealkylation sites (tertiary alicyclic amines) is 1. The lowest BCUT2D eigenvalue weighted by Crippen LogP contribution is -2.58. The Balaban J connectivity index is 0.914. The van der Waals surface area contributed by atoms with Gasteiger partial charge in [-0.15, -0.1) is 11.3 Å². The van der Waals surface area contributed by atoms with Crippen LogP contribution in [0.3, 0.4) is 0 Å². The summed E-state index contributed by atoms with van der Waals surface area (Å²) in [6.45, 7) is 10.1. The molecular formula is C33H40N4O6S2. The van der Waals surface area contributed by atoms with Gasteiger partial charge >= 0.3 is 4.87 Å². The van der Waals surface area contributed by atoms with E-state index in [0.29, 0.717) is 55.2 Å². The molecule has 0 bridgehead atoms. The maximum atomic E-state index is 13.2. The molecule has 1 spiro atoms. The van der Waals surface area contributed by atoms with Crippen molar-refractivity contribution in [3.05, 3.63) is 78.6 Å². The molecule has 0 unspecified atom stereocenters. The van der Waals surface area contributed by atoms with Crippen molar-refractivity contribution < 1.29 is 24.5 Å². The Bertz CT molecular complexity index is 1690. The molecule has 1 atom stereocenters. The summed E-state index contributed by atoms with van der Waals surface area (Å²) in [5, 5.41) is 23.9. The Morgan fingerprint density at radius 2 is 1.91 bits per heavy atom. The normalized spacial score (nSPS) is 17.6. The van der Waals surface area contributed by atoms with E-state index in [2.05, 4.69) is 15.2 Å². The third kappa shape index (κ3) is 7.26. The van der Waals surface area contributed by atoms with Gasteiger partial charge in [-0.2, -0.15) is 0 Å². The molecule has 45 heavy (non-hydrogen) atoms. The number of aliphatic hydroxyl groups is 1. The molecule has 12 heteroatoms. The largest absolute Gasteiger partial charge is 0.506 e. The van der Waals surface area contributed by atoms with Crippen molar-refractivity contribution in [1.82, 2.24) is 20.1 Å². The van der Waals surface area contributed by atoms with Crippen LogP contribution in [0.2, 0.25) is 0 Å². The minimum absolute atomic E-state index is 0.00574. The first-order valence-electron chi connectivity index (χ1n) is 15.4. The Hall–Kier alpha value is -3.26. The molecule has 0 radical (unpaired) electrons. The number of benzene rings is 2. The van der Waals surface area contributed by atoms with Crippen LogP contribution in [-0.4, -0.2) is 89.0 Å². The summed E-state index contributed by atoms with van der Waals surface area (Å²) in [4.78, 5) is 34.0.